The van der Waals surface area contributed by atoms with Gasteiger partial charge in [0, 0.05) is 12.2 Å². The predicted molar refractivity (Wildman–Crippen MR) is 40.1 cm³/mol. The van der Waals surface area contributed by atoms with Crippen LogP contribution in [-0.2, 0) is 19.5 Å². The number of hydrogen-bond acceptors (Lipinski definition) is 3. The van der Waals surface area contributed by atoms with Gasteiger partial charge in [-0.05, 0) is 17.1 Å². The summed E-state index contributed by atoms with van der Waals surface area (Å²) in [6.45, 7) is 0. The number of rotatable bonds is 4. The molecule has 0 heterocycles. The molecular weight excluding hydrogens is 176 g/mol. The monoisotopic (exact) mass is 184 g/mol. The Morgan fingerprint density at radius 2 is 2.30 bits per heavy atom. The van der Waals surface area contributed by atoms with Crippen LogP contribution in [0.2, 0.25) is 0 Å². The van der Waals surface area contributed by atoms with Gasteiger partial charge in [-0.25, -0.2) is 4.21 Å². The summed E-state index contributed by atoms with van der Waals surface area (Å²) in [7, 11) is 5.12. The van der Waals surface area contributed by atoms with Gasteiger partial charge in [-0.15, -0.1) is 0 Å². The Hall–Kier alpha value is -0.0900. The van der Waals surface area contributed by atoms with Gasteiger partial charge in [0.05, 0.1) is 7.11 Å². The second kappa shape index (κ2) is 5.68. The molecule has 0 saturated heterocycles. The molecule has 5 heteroatoms. The van der Waals surface area contributed by atoms with Crippen LogP contribution < -0.4 is 0 Å². The van der Waals surface area contributed by atoms with E-state index in [2.05, 4.69) is 4.74 Å². The van der Waals surface area contributed by atoms with Crippen LogP contribution in [0.3, 0.4) is 0 Å². The molecule has 3 nitrogen and oxygen atoms in total. The smallest absolute Gasteiger partial charge is 0.305 e. The first-order chi connectivity index (χ1) is 4.66. The first-order valence-corrected chi connectivity index (χ1v) is 4.92. The maximum atomic E-state index is 10.4. The first-order valence-electron chi connectivity index (χ1n) is 2.78. The molecule has 0 aromatic heterocycles. The highest BCUT2D eigenvalue weighted by atomic mass is 35.7. The molecule has 0 saturated carbocycles. The van der Waals surface area contributed by atoms with E-state index in [-0.39, 0.29) is 12.4 Å². The standard InChI is InChI=1S/C5H9ClO3S/c1-9-5(7)3-2-4-10(6)8/h2-4H2,1H3. The third-order valence-electron chi connectivity index (χ3n) is 0.913. The van der Waals surface area contributed by atoms with Gasteiger partial charge in [0.2, 0.25) is 0 Å². The lowest BCUT2D eigenvalue weighted by Gasteiger charge is -1.95. The Morgan fingerprint density at radius 3 is 2.70 bits per heavy atom. The zero-order valence-corrected chi connectivity index (χ0v) is 7.20. The molecule has 0 bridgehead atoms. The highest BCUT2D eigenvalue weighted by molar-refractivity contribution is 8.08. The highest BCUT2D eigenvalue weighted by Crippen LogP contribution is 1.97. The molecule has 10 heavy (non-hydrogen) atoms. The topological polar surface area (TPSA) is 43.4 Å². The molecule has 1 atom stereocenters. The van der Waals surface area contributed by atoms with E-state index in [0.29, 0.717) is 12.2 Å². The van der Waals surface area contributed by atoms with Gasteiger partial charge >= 0.3 is 5.97 Å². The molecular formula is C5H9ClO3S. The number of hydrogen-bond donors (Lipinski definition) is 0. The third kappa shape index (κ3) is 6.04. The van der Waals surface area contributed by atoms with Crippen LogP contribution in [0.1, 0.15) is 12.8 Å². The zero-order chi connectivity index (χ0) is 7.98. The van der Waals surface area contributed by atoms with Gasteiger partial charge in [-0.3, -0.25) is 4.79 Å². The van der Waals surface area contributed by atoms with Gasteiger partial charge in [-0.1, -0.05) is 0 Å². The van der Waals surface area contributed by atoms with Crippen molar-refractivity contribution in [1.82, 2.24) is 0 Å². The van der Waals surface area contributed by atoms with Crippen molar-refractivity contribution in [2.45, 2.75) is 12.8 Å². The fourth-order valence-corrected chi connectivity index (χ4v) is 1.13. The Morgan fingerprint density at radius 1 is 1.70 bits per heavy atom. The molecule has 1 unspecified atom stereocenters. The highest BCUT2D eigenvalue weighted by Gasteiger charge is 2.00. The molecule has 0 aliphatic rings. The Kier molecular flexibility index (Phi) is 5.63. The van der Waals surface area contributed by atoms with Crippen molar-refractivity contribution in [3.8, 4) is 0 Å². The molecule has 0 amide bonds. The Balaban J connectivity index is 3.20. The molecule has 60 valence electrons. The summed E-state index contributed by atoms with van der Waals surface area (Å²) >= 11 is 0. The van der Waals surface area contributed by atoms with E-state index in [0.717, 1.165) is 0 Å². The Labute approximate surface area is 66.7 Å². The van der Waals surface area contributed by atoms with Crippen LogP contribution in [0.25, 0.3) is 0 Å². The number of methoxy groups -OCH3 is 1. The van der Waals surface area contributed by atoms with E-state index in [4.69, 9.17) is 10.7 Å². The van der Waals surface area contributed by atoms with Gasteiger partial charge < -0.3 is 4.74 Å². The van der Waals surface area contributed by atoms with Crippen molar-refractivity contribution in [2.24, 2.45) is 0 Å². The maximum absolute atomic E-state index is 10.4. The summed E-state index contributed by atoms with van der Waals surface area (Å²) in [4.78, 5) is 10.4. The predicted octanol–water partition coefficient (Wildman–Crippen LogP) is 0.842. The third-order valence-corrected chi connectivity index (χ3v) is 1.99. The Bertz CT molecular complexity index is 137. The van der Waals surface area contributed by atoms with Gasteiger partial charge in [0.15, 0.2) is 0 Å². The molecule has 0 aromatic rings. The van der Waals surface area contributed by atoms with Crippen molar-refractivity contribution in [3.05, 3.63) is 0 Å². The number of ether oxygens (including phenoxy) is 1. The van der Waals surface area contributed by atoms with Crippen LogP contribution in [0, 0.1) is 0 Å². The molecule has 0 rings (SSSR count). The van der Waals surface area contributed by atoms with Crippen LogP contribution >= 0.6 is 10.7 Å². The van der Waals surface area contributed by atoms with E-state index in [9.17, 15) is 9.00 Å². The van der Waals surface area contributed by atoms with E-state index in [1.54, 1.807) is 0 Å². The van der Waals surface area contributed by atoms with Crippen LogP contribution in [0.15, 0.2) is 0 Å². The summed E-state index contributed by atoms with van der Waals surface area (Å²) in [6, 6.07) is 0. The molecule has 0 aliphatic carbocycles. The summed E-state index contributed by atoms with van der Waals surface area (Å²) in [5.74, 6) is 0.0542. The first kappa shape index (κ1) is 9.91. The van der Waals surface area contributed by atoms with E-state index >= 15 is 0 Å². The average Bonchev–Trinajstić information content (AvgIpc) is 1.87. The molecule has 0 aromatic carbocycles. The number of carbonyl (C=O) groups is 1. The van der Waals surface area contributed by atoms with E-state index < -0.39 is 10.0 Å². The second-order valence-electron chi connectivity index (χ2n) is 1.67. The molecule has 0 aliphatic heterocycles. The summed E-state index contributed by atoms with van der Waals surface area (Å²) in [5.41, 5.74) is 0. The quantitative estimate of drug-likeness (QED) is 0.481. The lowest BCUT2D eigenvalue weighted by Crippen LogP contribution is -2.01. The van der Waals surface area contributed by atoms with E-state index in [1.807, 2.05) is 0 Å². The maximum Gasteiger partial charge on any atom is 0.305 e. The SMILES string of the molecule is COC(=O)CCCS(=O)Cl. The summed E-state index contributed by atoms with van der Waals surface area (Å²) < 4.78 is 14.6. The van der Waals surface area contributed by atoms with Gasteiger partial charge in [0.25, 0.3) is 0 Å². The fourth-order valence-electron chi connectivity index (χ4n) is 0.432. The van der Waals surface area contributed by atoms with Crippen molar-refractivity contribution < 1.29 is 13.7 Å². The number of carbonyl (C=O) groups excluding carboxylic acids is 1. The van der Waals surface area contributed by atoms with E-state index in [1.165, 1.54) is 7.11 Å². The van der Waals surface area contributed by atoms with Gasteiger partial charge in [0.1, 0.15) is 10.0 Å². The lowest BCUT2D eigenvalue weighted by molar-refractivity contribution is -0.140. The minimum Gasteiger partial charge on any atom is -0.469 e. The normalized spacial score (nSPS) is 12.6. The second-order valence-corrected chi connectivity index (χ2v) is 3.69. The van der Waals surface area contributed by atoms with Crippen LogP contribution in [0.4, 0.5) is 0 Å². The fraction of sp³-hybridized carbons (Fsp3) is 0.800. The largest absolute Gasteiger partial charge is 0.469 e. The van der Waals surface area contributed by atoms with Crippen molar-refractivity contribution in [2.75, 3.05) is 12.9 Å². The summed E-state index contributed by atoms with van der Waals surface area (Å²) in [5, 5.41) is 0. The van der Waals surface area contributed by atoms with Crippen molar-refractivity contribution in [1.29, 1.82) is 0 Å². The molecule has 0 N–H and O–H groups in total. The molecule has 0 fully saturated rings. The van der Waals surface area contributed by atoms with Crippen LogP contribution in [-0.4, -0.2) is 23.0 Å². The zero-order valence-electron chi connectivity index (χ0n) is 5.63. The average molecular weight is 185 g/mol. The minimum atomic E-state index is -1.32. The number of halogens is 1. The molecule has 0 spiro atoms. The van der Waals surface area contributed by atoms with Crippen molar-refractivity contribution >= 4 is 26.7 Å². The van der Waals surface area contributed by atoms with Crippen molar-refractivity contribution in [3.63, 3.8) is 0 Å². The minimum absolute atomic E-state index is 0.287. The summed E-state index contributed by atoms with van der Waals surface area (Å²) in [6.07, 6.45) is 0.803. The molecule has 0 radical (unpaired) electrons. The number of esters is 1. The van der Waals surface area contributed by atoms with Gasteiger partial charge in [-0.2, -0.15) is 0 Å². The van der Waals surface area contributed by atoms with Crippen LogP contribution in [0.5, 0.6) is 0 Å². The lowest BCUT2D eigenvalue weighted by atomic mass is 10.3.